The first-order valence-corrected chi connectivity index (χ1v) is 7.34. The first kappa shape index (κ1) is 17.8. The SMILES string of the molecule is N#C/C(=C/NCC1CCCO1)C(=O)Nc1cccc(C(F)(F)F)c1. The van der Waals surface area contributed by atoms with Crippen molar-refractivity contribution in [3.63, 3.8) is 0 Å². The van der Waals surface area contributed by atoms with Gasteiger partial charge in [-0.15, -0.1) is 0 Å². The van der Waals surface area contributed by atoms with E-state index < -0.39 is 17.6 Å². The van der Waals surface area contributed by atoms with E-state index >= 15 is 0 Å². The maximum atomic E-state index is 12.6. The van der Waals surface area contributed by atoms with E-state index in [4.69, 9.17) is 10.00 Å². The molecule has 5 nitrogen and oxygen atoms in total. The van der Waals surface area contributed by atoms with Crippen LogP contribution in [0.3, 0.4) is 0 Å². The van der Waals surface area contributed by atoms with Gasteiger partial charge in [0.15, 0.2) is 0 Å². The van der Waals surface area contributed by atoms with Crippen molar-refractivity contribution in [2.24, 2.45) is 0 Å². The van der Waals surface area contributed by atoms with Gasteiger partial charge in [0.2, 0.25) is 0 Å². The number of ether oxygens (including phenoxy) is 1. The van der Waals surface area contributed by atoms with Crippen molar-refractivity contribution in [2.75, 3.05) is 18.5 Å². The van der Waals surface area contributed by atoms with Crippen LogP contribution in [-0.4, -0.2) is 25.2 Å². The second kappa shape index (κ2) is 7.84. The number of rotatable bonds is 5. The Bertz CT molecular complexity index is 659. The summed E-state index contributed by atoms with van der Waals surface area (Å²) in [5.41, 5.74) is -1.14. The maximum absolute atomic E-state index is 12.6. The van der Waals surface area contributed by atoms with Crippen LogP contribution >= 0.6 is 0 Å². The molecule has 0 saturated carbocycles. The maximum Gasteiger partial charge on any atom is 0.416 e. The third-order valence-electron chi connectivity index (χ3n) is 3.43. The zero-order valence-corrected chi connectivity index (χ0v) is 12.7. The molecule has 2 N–H and O–H groups in total. The van der Waals surface area contributed by atoms with Gasteiger partial charge >= 0.3 is 6.18 Å². The van der Waals surface area contributed by atoms with E-state index in [1.54, 1.807) is 6.07 Å². The molecule has 1 aliphatic rings. The van der Waals surface area contributed by atoms with Gasteiger partial charge in [0.05, 0.1) is 11.7 Å². The predicted molar refractivity (Wildman–Crippen MR) is 80.7 cm³/mol. The molecule has 0 spiro atoms. The Hall–Kier alpha value is -2.53. The van der Waals surface area contributed by atoms with Crippen LogP contribution in [0.2, 0.25) is 0 Å². The van der Waals surface area contributed by atoms with E-state index in [0.717, 1.165) is 25.0 Å². The Morgan fingerprint density at radius 3 is 2.88 bits per heavy atom. The second-order valence-corrected chi connectivity index (χ2v) is 5.25. The average Bonchev–Trinajstić information content (AvgIpc) is 3.04. The summed E-state index contributed by atoms with van der Waals surface area (Å²) in [5, 5.41) is 14.1. The Balaban J connectivity index is 1.97. The fourth-order valence-electron chi connectivity index (χ4n) is 2.22. The zero-order chi connectivity index (χ0) is 17.6. The lowest BCUT2D eigenvalue weighted by Crippen LogP contribution is -2.24. The van der Waals surface area contributed by atoms with Gasteiger partial charge in [0, 0.05) is 25.0 Å². The minimum absolute atomic E-state index is 0.0323. The number of amides is 1. The van der Waals surface area contributed by atoms with Gasteiger partial charge in [0.1, 0.15) is 11.6 Å². The molecule has 8 heteroatoms. The Morgan fingerprint density at radius 2 is 2.25 bits per heavy atom. The number of hydrogen-bond donors (Lipinski definition) is 2. The summed E-state index contributed by atoms with van der Waals surface area (Å²) in [7, 11) is 0. The minimum Gasteiger partial charge on any atom is -0.387 e. The number of alkyl halides is 3. The van der Waals surface area contributed by atoms with E-state index in [1.807, 2.05) is 0 Å². The molecule has 1 fully saturated rings. The lowest BCUT2D eigenvalue weighted by Gasteiger charge is -2.10. The smallest absolute Gasteiger partial charge is 0.387 e. The highest BCUT2D eigenvalue weighted by Gasteiger charge is 2.30. The lowest BCUT2D eigenvalue weighted by atomic mass is 10.2. The molecule has 1 heterocycles. The fourth-order valence-corrected chi connectivity index (χ4v) is 2.22. The number of nitrogens with zero attached hydrogens (tertiary/aromatic N) is 1. The first-order valence-electron chi connectivity index (χ1n) is 7.34. The standard InChI is InChI=1S/C16H16F3N3O2/c17-16(18,19)12-3-1-4-13(7-12)22-15(23)11(8-20)9-21-10-14-5-2-6-24-14/h1,3-4,7,9,14,21H,2,5-6,10H2,(H,22,23)/b11-9-. The molecule has 2 rings (SSSR count). The summed E-state index contributed by atoms with van der Waals surface area (Å²) in [6.45, 7) is 1.15. The van der Waals surface area contributed by atoms with Crippen LogP contribution in [-0.2, 0) is 15.7 Å². The first-order chi connectivity index (χ1) is 11.4. The summed E-state index contributed by atoms with van der Waals surface area (Å²) in [4.78, 5) is 12.0. The quantitative estimate of drug-likeness (QED) is 0.639. The van der Waals surface area contributed by atoms with Crippen LogP contribution in [0, 0.1) is 11.3 Å². The number of anilines is 1. The van der Waals surface area contributed by atoms with Crippen molar-refractivity contribution < 1.29 is 22.7 Å². The van der Waals surface area contributed by atoms with Gasteiger partial charge in [-0.1, -0.05) is 6.07 Å². The molecule has 1 aliphatic heterocycles. The molecule has 1 aromatic carbocycles. The molecule has 0 aliphatic carbocycles. The highest BCUT2D eigenvalue weighted by atomic mass is 19.4. The highest BCUT2D eigenvalue weighted by molar-refractivity contribution is 6.06. The Morgan fingerprint density at radius 1 is 1.46 bits per heavy atom. The number of halogens is 3. The molecule has 1 aromatic rings. The number of hydrogen-bond acceptors (Lipinski definition) is 4. The number of nitrogens with one attached hydrogen (secondary N) is 2. The molecule has 1 amide bonds. The van der Waals surface area contributed by atoms with Gasteiger partial charge in [0.25, 0.3) is 5.91 Å². The number of carbonyl (C=O) groups is 1. The summed E-state index contributed by atoms with van der Waals surface area (Å²) < 4.78 is 43.3. The predicted octanol–water partition coefficient (Wildman–Crippen LogP) is 2.82. The average molecular weight is 339 g/mol. The molecule has 1 atom stereocenters. The minimum atomic E-state index is -4.50. The molecule has 24 heavy (non-hydrogen) atoms. The zero-order valence-electron chi connectivity index (χ0n) is 12.7. The number of nitriles is 1. The normalized spacial score (nSPS) is 18.1. The van der Waals surface area contributed by atoms with Gasteiger partial charge in [-0.2, -0.15) is 18.4 Å². The van der Waals surface area contributed by atoms with Crippen LogP contribution < -0.4 is 10.6 Å². The fraction of sp³-hybridized carbons (Fsp3) is 0.375. The largest absolute Gasteiger partial charge is 0.416 e. The third-order valence-corrected chi connectivity index (χ3v) is 3.43. The molecule has 1 unspecified atom stereocenters. The number of benzene rings is 1. The summed E-state index contributed by atoms with van der Waals surface area (Å²) in [6, 6.07) is 5.94. The molecule has 1 saturated heterocycles. The summed E-state index contributed by atoms with van der Waals surface area (Å²) in [5.74, 6) is -0.781. The van der Waals surface area contributed by atoms with E-state index in [9.17, 15) is 18.0 Å². The monoisotopic (exact) mass is 339 g/mol. The van der Waals surface area contributed by atoms with Crippen LogP contribution in [0.4, 0.5) is 18.9 Å². The molecular formula is C16H16F3N3O2. The molecule has 0 aromatic heterocycles. The topological polar surface area (TPSA) is 74.1 Å². The summed E-state index contributed by atoms with van der Waals surface area (Å²) in [6.07, 6.45) is -1.36. The van der Waals surface area contributed by atoms with Gasteiger partial charge in [-0.05, 0) is 31.0 Å². The molecule has 128 valence electrons. The van der Waals surface area contributed by atoms with Crippen molar-refractivity contribution in [3.8, 4) is 6.07 Å². The Kier molecular flexibility index (Phi) is 5.82. The van der Waals surface area contributed by atoms with Crippen molar-refractivity contribution in [3.05, 3.63) is 41.6 Å². The van der Waals surface area contributed by atoms with Crippen LogP contribution in [0.25, 0.3) is 0 Å². The van der Waals surface area contributed by atoms with E-state index in [2.05, 4.69) is 10.6 Å². The van der Waals surface area contributed by atoms with Crippen molar-refractivity contribution >= 4 is 11.6 Å². The van der Waals surface area contributed by atoms with Gasteiger partial charge in [-0.3, -0.25) is 4.79 Å². The van der Waals surface area contributed by atoms with Crippen LogP contribution in [0.5, 0.6) is 0 Å². The molecule has 0 bridgehead atoms. The second-order valence-electron chi connectivity index (χ2n) is 5.25. The van der Waals surface area contributed by atoms with Crippen LogP contribution in [0.1, 0.15) is 18.4 Å². The van der Waals surface area contributed by atoms with Gasteiger partial charge in [-0.25, -0.2) is 0 Å². The van der Waals surface area contributed by atoms with Crippen molar-refractivity contribution in [2.45, 2.75) is 25.1 Å². The Labute approximate surface area is 137 Å². The lowest BCUT2D eigenvalue weighted by molar-refractivity contribution is -0.137. The third kappa shape index (κ3) is 4.99. The van der Waals surface area contributed by atoms with Crippen LogP contribution in [0.15, 0.2) is 36.0 Å². The highest BCUT2D eigenvalue weighted by Crippen LogP contribution is 2.30. The molecular weight excluding hydrogens is 323 g/mol. The van der Waals surface area contributed by atoms with Crippen molar-refractivity contribution in [1.82, 2.24) is 5.32 Å². The van der Waals surface area contributed by atoms with E-state index in [0.29, 0.717) is 13.2 Å². The van der Waals surface area contributed by atoms with Crippen molar-refractivity contribution in [1.29, 1.82) is 5.26 Å². The van der Waals surface area contributed by atoms with E-state index in [1.165, 1.54) is 18.3 Å². The number of carbonyl (C=O) groups excluding carboxylic acids is 1. The van der Waals surface area contributed by atoms with E-state index in [-0.39, 0.29) is 17.4 Å². The van der Waals surface area contributed by atoms with Gasteiger partial charge < -0.3 is 15.4 Å². The molecule has 0 radical (unpaired) electrons. The summed E-state index contributed by atoms with van der Waals surface area (Å²) >= 11 is 0.